The lowest BCUT2D eigenvalue weighted by Crippen LogP contribution is -2.57. The number of nitrogens with zero attached hydrogens (tertiary/aromatic N) is 1. The highest BCUT2D eigenvalue weighted by Crippen LogP contribution is 2.28. The van der Waals surface area contributed by atoms with Crippen LogP contribution >= 0.6 is 0 Å². The normalized spacial score (nSPS) is 33.9. The summed E-state index contributed by atoms with van der Waals surface area (Å²) in [7, 11) is -2.82. The summed E-state index contributed by atoms with van der Waals surface area (Å²) in [5, 5.41) is 0. The third-order valence-electron chi connectivity index (χ3n) is 3.39. The molecule has 2 aliphatic rings. The Balaban J connectivity index is 2.04. The van der Waals surface area contributed by atoms with E-state index in [1.807, 2.05) is 0 Å². The molecule has 0 amide bonds. The molecular weight excluding hydrogens is 200 g/mol. The SMILES string of the molecule is NCC1CS(=O)(=O)CCN1C1CCC1. The third-order valence-corrected chi connectivity index (χ3v) is 5.09. The van der Waals surface area contributed by atoms with Crippen LogP contribution < -0.4 is 5.73 Å². The van der Waals surface area contributed by atoms with Gasteiger partial charge in [0.2, 0.25) is 0 Å². The average Bonchev–Trinajstić information content (AvgIpc) is 2.04. The predicted molar refractivity (Wildman–Crippen MR) is 55.8 cm³/mol. The predicted octanol–water partition coefficient (Wildman–Crippen LogP) is -0.403. The summed E-state index contributed by atoms with van der Waals surface area (Å²) >= 11 is 0. The number of hydrogen-bond donors (Lipinski definition) is 1. The second-order valence-corrected chi connectivity index (χ2v) is 6.56. The van der Waals surface area contributed by atoms with Crippen molar-refractivity contribution in [3.05, 3.63) is 0 Å². The van der Waals surface area contributed by atoms with Crippen LogP contribution in [0, 0.1) is 0 Å². The largest absolute Gasteiger partial charge is 0.329 e. The van der Waals surface area contributed by atoms with Crippen LogP contribution in [0.5, 0.6) is 0 Å². The number of hydrogen-bond acceptors (Lipinski definition) is 4. The van der Waals surface area contributed by atoms with Gasteiger partial charge in [-0.3, -0.25) is 4.90 Å². The van der Waals surface area contributed by atoms with Gasteiger partial charge in [-0.15, -0.1) is 0 Å². The van der Waals surface area contributed by atoms with Crippen molar-refractivity contribution < 1.29 is 8.42 Å². The van der Waals surface area contributed by atoms with E-state index < -0.39 is 9.84 Å². The van der Waals surface area contributed by atoms with Crippen molar-refractivity contribution in [2.45, 2.75) is 31.3 Å². The molecule has 1 saturated carbocycles. The molecule has 2 N–H and O–H groups in total. The summed E-state index contributed by atoms with van der Waals surface area (Å²) < 4.78 is 22.8. The van der Waals surface area contributed by atoms with Crippen molar-refractivity contribution in [1.82, 2.24) is 4.90 Å². The van der Waals surface area contributed by atoms with Gasteiger partial charge in [-0.05, 0) is 12.8 Å². The van der Waals surface area contributed by atoms with Gasteiger partial charge in [-0.1, -0.05) is 6.42 Å². The van der Waals surface area contributed by atoms with Crippen LogP contribution in [0.1, 0.15) is 19.3 Å². The second kappa shape index (κ2) is 3.79. The fraction of sp³-hybridized carbons (Fsp3) is 1.00. The molecule has 0 bridgehead atoms. The first kappa shape index (κ1) is 10.4. The lowest BCUT2D eigenvalue weighted by molar-refractivity contribution is 0.0936. The van der Waals surface area contributed by atoms with Gasteiger partial charge in [0, 0.05) is 25.2 Å². The summed E-state index contributed by atoms with van der Waals surface area (Å²) in [6, 6.07) is 0.679. The molecule has 0 spiro atoms. The lowest BCUT2D eigenvalue weighted by Gasteiger charge is -2.44. The van der Waals surface area contributed by atoms with Gasteiger partial charge in [-0.2, -0.15) is 0 Å². The van der Waals surface area contributed by atoms with Crippen LogP contribution in [0.15, 0.2) is 0 Å². The Labute approximate surface area is 85.4 Å². The first-order chi connectivity index (χ1) is 6.62. The van der Waals surface area contributed by atoms with E-state index in [1.165, 1.54) is 19.3 Å². The molecule has 0 aromatic rings. The summed E-state index contributed by atoms with van der Waals surface area (Å²) in [6.45, 7) is 1.16. The maximum Gasteiger partial charge on any atom is 0.153 e. The molecule has 2 fully saturated rings. The van der Waals surface area contributed by atoms with Gasteiger partial charge in [0.05, 0.1) is 11.5 Å². The first-order valence-electron chi connectivity index (χ1n) is 5.28. The fourth-order valence-electron chi connectivity index (χ4n) is 2.30. The van der Waals surface area contributed by atoms with E-state index >= 15 is 0 Å². The van der Waals surface area contributed by atoms with E-state index in [4.69, 9.17) is 5.73 Å². The Morgan fingerprint density at radius 1 is 1.36 bits per heavy atom. The molecule has 1 unspecified atom stereocenters. The standard InChI is InChI=1S/C9H18N2O2S/c10-6-9-7-14(12,13)5-4-11(9)8-2-1-3-8/h8-9H,1-7,10H2. The van der Waals surface area contributed by atoms with E-state index in [-0.39, 0.29) is 11.8 Å². The highest BCUT2D eigenvalue weighted by atomic mass is 32.2. The Bertz CT molecular complexity index is 298. The molecule has 1 saturated heterocycles. The van der Waals surface area contributed by atoms with E-state index in [9.17, 15) is 8.42 Å². The maximum atomic E-state index is 11.4. The highest BCUT2D eigenvalue weighted by Gasteiger charge is 2.36. The van der Waals surface area contributed by atoms with Crippen LogP contribution in [0.2, 0.25) is 0 Å². The molecule has 82 valence electrons. The molecule has 1 aliphatic carbocycles. The summed E-state index contributed by atoms with van der Waals surface area (Å²) in [6.07, 6.45) is 3.72. The monoisotopic (exact) mass is 218 g/mol. The van der Waals surface area contributed by atoms with Gasteiger partial charge in [-0.25, -0.2) is 8.42 Å². The lowest BCUT2D eigenvalue weighted by atomic mass is 9.90. The van der Waals surface area contributed by atoms with Gasteiger partial charge >= 0.3 is 0 Å². The van der Waals surface area contributed by atoms with Crippen LogP contribution in [-0.4, -0.2) is 50.0 Å². The van der Waals surface area contributed by atoms with Crippen molar-refractivity contribution in [1.29, 1.82) is 0 Å². The molecule has 1 heterocycles. The van der Waals surface area contributed by atoms with Crippen molar-refractivity contribution >= 4 is 9.84 Å². The molecule has 2 rings (SSSR count). The molecule has 0 aromatic heterocycles. The third kappa shape index (κ3) is 1.94. The molecule has 1 aliphatic heterocycles. The highest BCUT2D eigenvalue weighted by molar-refractivity contribution is 7.91. The minimum atomic E-state index is -2.82. The van der Waals surface area contributed by atoms with E-state index in [1.54, 1.807) is 0 Å². The topological polar surface area (TPSA) is 63.4 Å². The zero-order valence-electron chi connectivity index (χ0n) is 8.35. The minimum Gasteiger partial charge on any atom is -0.329 e. The minimum absolute atomic E-state index is 0.0686. The van der Waals surface area contributed by atoms with Crippen LogP contribution in [0.4, 0.5) is 0 Å². The van der Waals surface area contributed by atoms with E-state index in [0.29, 0.717) is 24.9 Å². The molecule has 4 nitrogen and oxygen atoms in total. The van der Waals surface area contributed by atoms with Crippen LogP contribution in [0.25, 0.3) is 0 Å². The van der Waals surface area contributed by atoms with Gasteiger partial charge in [0.1, 0.15) is 0 Å². The van der Waals surface area contributed by atoms with Crippen molar-refractivity contribution in [3.63, 3.8) is 0 Å². The second-order valence-electron chi connectivity index (χ2n) is 4.33. The number of sulfone groups is 1. The quantitative estimate of drug-likeness (QED) is 0.685. The first-order valence-corrected chi connectivity index (χ1v) is 7.11. The van der Waals surface area contributed by atoms with Gasteiger partial charge in [0.25, 0.3) is 0 Å². The van der Waals surface area contributed by atoms with Crippen LogP contribution in [0.3, 0.4) is 0 Å². The maximum absolute atomic E-state index is 11.4. The average molecular weight is 218 g/mol. The Hall–Kier alpha value is -0.130. The number of rotatable bonds is 2. The van der Waals surface area contributed by atoms with Crippen molar-refractivity contribution in [3.8, 4) is 0 Å². The Morgan fingerprint density at radius 2 is 2.07 bits per heavy atom. The smallest absolute Gasteiger partial charge is 0.153 e. The fourth-order valence-corrected chi connectivity index (χ4v) is 3.87. The van der Waals surface area contributed by atoms with Gasteiger partial charge in [0.15, 0.2) is 9.84 Å². The van der Waals surface area contributed by atoms with Crippen LogP contribution in [-0.2, 0) is 9.84 Å². The van der Waals surface area contributed by atoms with Crippen molar-refractivity contribution in [2.75, 3.05) is 24.6 Å². The molecule has 14 heavy (non-hydrogen) atoms. The summed E-state index contributed by atoms with van der Waals surface area (Å²) in [4.78, 5) is 2.31. The Morgan fingerprint density at radius 3 is 2.57 bits per heavy atom. The van der Waals surface area contributed by atoms with Crippen molar-refractivity contribution in [2.24, 2.45) is 5.73 Å². The molecule has 1 atom stereocenters. The van der Waals surface area contributed by atoms with Gasteiger partial charge < -0.3 is 5.73 Å². The van der Waals surface area contributed by atoms with E-state index in [2.05, 4.69) is 4.90 Å². The number of nitrogens with two attached hydrogens (primary N) is 1. The molecule has 0 aromatic carbocycles. The van der Waals surface area contributed by atoms with E-state index in [0.717, 1.165) is 0 Å². The Kier molecular flexibility index (Phi) is 2.81. The molecule has 5 heteroatoms. The zero-order chi connectivity index (χ0) is 10.2. The molecule has 0 radical (unpaired) electrons. The summed E-state index contributed by atoms with van der Waals surface area (Å²) in [5.41, 5.74) is 5.63. The zero-order valence-corrected chi connectivity index (χ0v) is 9.17. The summed E-state index contributed by atoms with van der Waals surface area (Å²) in [5.74, 6) is 0.583. The molecular formula is C9H18N2O2S.